The summed E-state index contributed by atoms with van der Waals surface area (Å²) in [6.07, 6.45) is 3.92. The van der Waals surface area contributed by atoms with Gasteiger partial charge >= 0.3 is 0 Å². The predicted molar refractivity (Wildman–Crippen MR) is 50.4 cm³/mol. The molecule has 2 fully saturated rings. The molecule has 1 atom stereocenters. The fourth-order valence-electron chi connectivity index (χ4n) is 2.50. The molecule has 4 heteroatoms. The van der Waals surface area contributed by atoms with Gasteiger partial charge in [-0.1, -0.05) is 0 Å². The standard InChI is InChI=1S/C9H16O3S/c10-13(11)6-2-4-9(8-13)3-1-5-12-7-9/h1-8H2. The molecule has 1 unspecified atom stereocenters. The number of sulfone groups is 1. The van der Waals surface area contributed by atoms with Crippen LogP contribution in [-0.2, 0) is 14.6 Å². The van der Waals surface area contributed by atoms with Gasteiger partial charge in [-0.2, -0.15) is 0 Å². The van der Waals surface area contributed by atoms with Crippen molar-refractivity contribution < 1.29 is 13.2 Å². The lowest BCUT2D eigenvalue weighted by molar-refractivity contribution is -0.00218. The van der Waals surface area contributed by atoms with E-state index in [1.54, 1.807) is 0 Å². The van der Waals surface area contributed by atoms with Gasteiger partial charge in [0.25, 0.3) is 0 Å². The lowest BCUT2D eigenvalue weighted by Crippen LogP contribution is -2.42. The third-order valence-corrected chi connectivity index (χ3v) is 5.06. The zero-order valence-corrected chi connectivity index (χ0v) is 8.61. The van der Waals surface area contributed by atoms with Crippen molar-refractivity contribution in [3.63, 3.8) is 0 Å². The zero-order valence-electron chi connectivity index (χ0n) is 7.79. The highest BCUT2D eigenvalue weighted by Gasteiger charge is 2.40. The van der Waals surface area contributed by atoms with Crippen molar-refractivity contribution in [2.45, 2.75) is 25.7 Å². The molecule has 3 nitrogen and oxygen atoms in total. The maximum absolute atomic E-state index is 11.5. The van der Waals surface area contributed by atoms with Gasteiger partial charge in [-0.25, -0.2) is 8.42 Å². The van der Waals surface area contributed by atoms with E-state index in [0.29, 0.717) is 18.1 Å². The smallest absolute Gasteiger partial charge is 0.150 e. The summed E-state index contributed by atoms with van der Waals surface area (Å²) in [6.45, 7) is 1.47. The summed E-state index contributed by atoms with van der Waals surface area (Å²) in [7, 11) is -2.77. The lowest BCUT2D eigenvalue weighted by Gasteiger charge is -2.39. The molecule has 0 saturated carbocycles. The number of ether oxygens (including phenoxy) is 1. The monoisotopic (exact) mass is 204 g/mol. The maximum atomic E-state index is 11.5. The Kier molecular flexibility index (Phi) is 2.36. The van der Waals surface area contributed by atoms with Crippen molar-refractivity contribution in [3.05, 3.63) is 0 Å². The summed E-state index contributed by atoms with van der Waals surface area (Å²) in [6, 6.07) is 0. The Morgan fingerprint density at radius 3 is 2.54 bits per heavy atom. The van der Waals surface area contributed by atoms with E-state index in [1.807, 2.05) is 0 Å². The van der Waals surface area contributed by atoms with Crippen LogP contribution in [0.25, 0.3) is 0 Å². The Morgan fingerprint density at radius 1 is 1.15 bits per heavy atom. The second-order valence-electron chi connectivity index (χ2n) is 4.35. The molecule has 2 aliphatic heterocycles. The first-order valence-electron chi connectivity index (χ1n) is 4.90. The molecule has 1 spiro atoms. The van der Waals surface area contributed by atoms with Gasteiger partial charge < -0.3 is 4.74 Å². The van der Waals surface area contributed by atoms with Crippen LogP contribution < -0.4 is 0 Å². The second kappa shape index (κ2) is 3.24. The van der Waals surface area contributed by atoms with Crippen molar-refractivity contribution >= 4 is 9.84 Å². The molecule has 2 heterocycles. The summed E-state index contributed by atoms with van der Waals surface area (Å²) < 4.78 is 28.3. The van der Waals surface area contributed by atoms with Crippen molar-refractivity contribution in [2.75, 3.05) is 24.7 Å². The molecule has 76 valence electrons. The Morgan fingerprint density at radius 2 is 1.92 bits per heavy atom. The van der Waals surface area contributed by atoms with Crippen molar-refractivity contribution in [1.29, 1.82) is 0 Å². The third-order valence-electron chi connectivity index (χ3n) is 3.09. The number of hydrogen-bond acceptors (Lipinski definition) is 3. The van der Waals surface area contributed by atoms with Crippen LogP contribution in [0.15, 0.2) is 0 Å². The van der Waals surface area contributed by atoms with Crippen LogP contribution in [0.3, 0.4) is 0 Å². The van der Waals surface area contributed by atoms with E-state index in [2.05, 4.69) is 0 Å². The molecular weight excluding hydrogens is 188 g/mol. The molecule has 0 aromatic heterocycles. The van der Waals surface area contributed by atoms with Crippen LogP contribution in [0.1, 0.15) is 25.7 Å². The molecule has 2 aliphatic rings. The maximum Gasteiger partial charge on any atom is 0.150 e. The minimum Gasteiger partial charge on any atom is -0.381 e. The fourth-order valence-corrected chi connectivity index (χ4v) is 4.53. The summed E-state index contributed by atoms with van der Waals surface area (Å²) in [5, 5.41) is 0. The highest BCUT2D eigenvalue weighted by molar-refractivity contribution is 7.91. The Bertz CT molecular complexity index is 270. The average molecular weight is 204 g/mol. The van der Waals surface area contributed by atoms with E-state index < -0.39 is 9.84 Å². The molecule has 0 amide bonds. The van der Waals surface area contributed by atoms with Crippen LogP contribution >= 0.6 is 0 Å². The predicted octanol–water partition coefficient (Wildman–Crippen LogP) is 0.992. The molecule has 0 aromatic carbocycles. The first kappa shape index (κ1) is 9.46. The summed E-state index contributed by atoms with van der Waals surface area (Å²) in [5.74, 6) is 0.745. The molecular formula is C9H16O3S. The van der Waals surface area contributed by atoms with E-state index in [-0.39, 0.29) is 5.41 Å². The van der Waals surface area contributed by atoms with Crippen LogP contribution in [-0.4, -0.2) is 33.1 Å². The van der Waals surface area contributed by atoms with Crippen molar-refractivity contribution in [3.8, 4) is 0 Å². The molecule has 0 bridgehead atoms. The van der Waals surface area contributed by atoms with E-state index in [9.17, 15) is 8.42 Å². The lowest BCUT2D eigenvalue weighted by atomic mass is 9.80. The van der Waals surface area contributed by atoms with E-state index in [4.69, 9.17) is 4.74 Å². The summed E-state index contributed by atoms with van der Waals surface area (Å²) >= 11 is 0. The first-order valence-corrected chi connectivity index (χ1v) is 6.72. The van der Waals surface area contributed by atoms with Gasteiger partial charge in [-0.3, -0.25) is 0 Å². The van der Waals surface area contributed by atoms with Crippen molar-refractivity contribution in [1.82, 2.24) is 0 Å². The molecule has 2 saturated heterocycles. The van der Waals surface area contributed by atoms with Gasteiger partial charge in [-0.05, 0) is 25.7 Å². The fraction of sp³-hybridized carbons (Fsp3) is 1.00. The van der Waals surface area contributed by atoms with Gasteiger partial charge in [0.1, 0.15) is 0 Å². The number of hydrogen-bond donors (Lipinski definition) is 0. The van der Waals surface area contributed by atoms with Gasteiger partial charge in [0.05, 0.1) is 18.1 Å². The molecule has 0 N–H and O–H groups in total. The van der Waals surface area contributed by atoms with E-state index >= 15 is 0 Å². The van der Waals surface area contributed by atoms with Crippen LogP contribution in [0, 0.1) is 5.41 Å². The molecule has 0 aromatic rings. The van der Waals surface area contributed by atoms with Gasteiger partial charge in [0.15, 0.2) is 9.84 Å². The quantitative estimate of drug-likeness (QED) is 0.591. The second-order valence-corrected chi connectivity index (χ2v) is 6.54. The van der Waals surface area contributed by atoms with Gasteiger partial charge in [-0.15, -0.1) is 0 Å². The van der Waals surface area contributed by atoms with Crippen LogP contribution in [0.5, 0.6) is 0 Å². The van der Waals surface area contributed by atoms with Crippen LogP contribution in [0.2, 0.25) is 0 Å². The summed E-state index contributed by atoms with van der Waals surface area (Å²) in [4.78, 5) is 0. The first-order chi connectivity index (χ1) is 6.12. The Balaban J connectivity index is 2.13. The minimum atomic E-state index is -2.77. The van der Waals surface area contributed by atoms with E-state index in [0.717, 1.165) is 32.3 Å². The molecule has 0 aliphatic carbocycles. The number of rotatable bonds is 0. The minimum absolute atomic E-state index is 0.0185. The van der Waals surface area contributed by atoms with Gasteiger partial charge in [0.2, 0.25) is 0 Å². The van der Waals surface area contributed by atoms with Crippen LogP contribution in [0.4, 0.5) is 0 Å². The normalized spacial score (nSPS) is 39.1. The molecule has 0 radical (unpaired) electrons. The molecule has 2 rings (SSSR count). The SMILES string of the molecule is O=S1(=O)CCCC2(CCCOC2)C1. The largest absolute Gasteiger partial charge is 0.381 e. The average Bonchev–Trinajstić information content (AvgIpc) is 2.03. The van der Waals surface area contributed by atoms with Crippen molar-refractivity contribution in [2.24, 2.45) is 5.41 Å². The third kappa shape index (κ3) is 2.05. The molecule has 13 heavy (non-hydrogen) atoms. The zero-order chi connectivity index (χ0) is 9.36. The summed E-state index contributed by atoms with van der Waals surface area (Å²) in [5.41, 5.74) is -0.0185. The van der Waals surface area contributed by atoms with E-state index in [1.165, 1.54) is 0 Å². The highest BCUT2D eigenvalue weighted by atomic mass is 32.2. The Hall–Kier alpha value is -0.0900. The topological polar surface area (TPSA) is 43.4 Å². The highest BCUT2D eigenvalue weighted by Crippen LogP contribution is 2.38. The van der Waals surface area contributed by atoms with Gasteiger partial charge in [0, 0.05) is 12.0 Å². The Labute approximate surface area is 79.4 Å².